The largest absolute Gasteiger partial charge is 0.344 e. The van der Waals surface area contributed by atoms with Gasteiger partial charge in [0.2, 0.25) is 17.7 Å². The minimum atomic E-state index is -0.629. The van der Waals surface area contributed by atoms with E-state index in [1.807, 2.05) is 18.2 Å². The quantitative estimate of drug-likeness (QED) is 0.819. The first-order valence-corrected chi connectivity index (χ1v) is 7.36. The molecular formula is C14H13N3O3S. The Kier molecular flexibility index (Phi) is 3.66. The molecule has 21 heavy (non-hydrogen) atoms. The first kappa shape index (κ1) is 13.7. The first-order valence-electron chi connectivity index (χ1n) is 6.59. The lowest BCUT2D eigenvalue weighted by Gasteiger charge is -2.21. The lowest BCUT2D eigenvalue weighted by Crippen LogP contribution is -2.52. The van der Waals surface area contributed by atoms with Crippen molar-refractivity contribution in [3.8, 4) is 0 Å². The van der Waals surface area contributed by atoms with Gasteiger partial charge in [-0.1, -0.05) is 18.2 Å². The second-order valence-electron chi connectivity index (χ2n) is 4.91. The summed E-state index contributed by atoms with van der Waals surface area (Å²) in [4.78, 5) is 34.8. The maximum atomic E-state index is 12.1. The summed E-state index contributed by atoms with van der Waals surface area (Å²) in [7, 11) is 0. The maximum absolute atomic E-state index is 12.1. The second-order valence-corrected chi connectivity index (χ2v) is 5.71. The smallest absolute Gasteiger partial charge is 0.249 e. The van der Waals surface area contributed by atoms with Crippen LogP contribution in [0.4, 0.5) is 0 Å². The Hall–Kier alpha value is -2.28. The minimum Gasteiger partial charge on any atom is -0.344 e. The van der Waals surface area contributed by atoms with Gasteiger partial charge in [0.25, 0.3) is 0 Å². The molecule has 0 bridgehead atoms. The predicted molar refractivity (Wildman–Crippen MR) is 77.6 cm³/mol. The molecular weight excluding hydrogens is 290 g/mol. The molecule has 2 heterocycles. The van der Waals surface area contributed by atoms with Gasteiger partial charge in [-0.15, -0.1) is 0 Å². The van der Waals surface area contributed by atoms with Crippen molar-refractivity contribution in [2.24, 2.45) is 0 Å². The van der Waals surface area contributed by atoms with Gasteiger partial charge in [0.1, 0.15) is 6.04 Å². The molecule has 1 unspecified atom stereocenters. The van der Waals surface area contributed by atoms with Crippen LogP contribution < -0.4 is 10.6 Å². The molecule has 1 aromatic heterocycles. The number of nitrogens with zero attached hydrogens (tertiary/aromatic N) is 1. The molecule has 108 valence electrons. The predicted octanol–water partition coefficient (Wildman–Crippen LogP) is 0.760. The molecule has 0 radical (unpaired) electrons. The van der Waals surface area contributed by atoms with E-state index in [0.29, 0.717) is 6.42 Å². The molecule has 2 N–H and O–H groups in total. The molecule has 1 atom stereocenters. The van der Waals surface area contributed by atoms with E-state index in [2.05, 4.69) is 15.0 Å². The van der Waals surface area contributed by atoms with E-state index in [-0.39, 0.29) is 24.7 Å². The maximum Gasteiger partial charge on any atom is 0.249 e. The topological polar surface area (TPSA) is 88.2 Å². The van der Waals surface area contributed by atoms with Crippen LogP contribution in [-0.4, -0.2) is 28.1 Å². The molecule has 3 rings (SSSR count). The van der Waals surface area contributed by atoms with Crippen LogP contribution in [0.15, 0.2) is 24.4 Å². The number of fused-ring (bicyclic) bond motifs is 1. The third kappa shape index (κ3) is 2.92. The minimum absolute atomic E-state index is 0.192. The van der Waals surface area contributed by atoms with Gasteiger partial charge >= 0.3 is 0 Å². The Morgan fingerprint density at radius 3 is 3.10 bits per heavy atom. The van der Waals surface area contributed by atoms with Gasteiger partial charge in [-0.05, 0) is 23.5 Å². The molecule has 1 aromatic carbocycles. The number of aromatic nitrogens is 1. The Balaban J connectivity index is 1.68. The van der Waals surface area contributed by atoms with Crippen LogP contribution >= 0.6 is 11.5 Å². The number of nitrogens with one attached hydrogen (secondary N) is 2. The van der Waals surface area contributed by atoms with Crippen LogP contribution in [-0.2, 0) is 20.8 Å². The summed E-state index contributed by atoms with van der Waals surface area (Å²) in [6.07, 6.45) is 2.56. The lowest BCUT2D eigenvalue weighted by molar-refractivity contribution is -0.137. The van der Waals surface area contributed by atoms with Crippen molar-refractivity contribution < 1.29 is 14.4 Å². The second kappa shape index (κ2) is 5.61. The van der Waals surface area contributed by atoms with Crippen LogP contribution in [0.5, 0.6) is 0 Å². The van der Waals surface area contributed by atoms with Crippen molar-refractivity contribution in [3.05, 3.63) is 30.0 Å². The average molecular weight is 303 g/mol. The van der Waals surface area contributed by atoms with E-state index in [9.17, 15) is 14.4 Å². The van der Waals surface area contributed by atoms with Crippen molar-refractivity contribution in [2.45, 2.75) is 25.3 Å². The average Bonchev–Trinajstić information content (AvgIpc) is 2.91. The highest BCUT2D eigenvalue weighted by atomic mass is 32.1. The highest BCUT2D eigenvalue weighted by molar-refractivity contribution is 7.13. The van der Waals surface area contributed by atoms with Crippen LogP contribution in [0.2, 0.25) is 0 Å². The van der Waals surface area contributed by atoms with Gasteiger partial charge in [-0.3, -0.25) is 19.7 Å². The van der Waals surface area contributed by atoms with E-state index in [1.54, 1.807) is 6.20 Å². The number of hydrogen-bond acceptors (Lipinski definition) is 5. The number of rotatable bonds is 3. The number of piperidine rings is 1. The summed E-state index contributed by atoms with van der Waals surface area (Å²) in [6, 6.07) is 5.08. The van der Waals surface area contributed by atoms with E-state index in [4.69, 9.17) is 0 Å². The fraction of sp³-hybridized carbons (Fsp3) is 0.286. The summed E-state index contributed by atoms with van der Waals surface area (Å²) < 4.78 is 5.10. The Labute approximate surface area is 124 Å². The molecule has 1 fully saturated rings. The van der Waals surface area contributed by atoms with Crippen molar-refractivity contribution in [2.75, 3.05) is 0 Å². The zero-order chi connectivity index (χ0) is 14.8. The molecule has 6 nitrogen and oxygen atoms in total. The third-order valence-electron chi connectivity index (χ3n) is 3.39. The van der Waals surface area contributed by atoms with E-state index < -0.39 is 11.9 Å². The van der Waals surface area contributed by atoms with Gasteiger partial charge in [-0.25, -0.2) is 0 Å². The zero-order valence-electron chi connectivity index (χ0n) is 11.1. The highest BCUT2D eigenvalue weighted by Crippen LogP contribution is 2.22. The summed E-state index contributed by atoms with van der Waals surface area (Å²) >= 11 is 1.35. The molecule has 3 amide bonds. The van der Waals surface area contributed by atoms with Crippen molar-refractivity contribution >= 4 is 39.3 Å². The Bertz CT molecular complexity index is 725. The third-order valence-corrected chi connectivity index (χ3v) is 4.28. The van der Waals surface area contributed by atoms with E-state index in [1.165, 1.54) is 11.5 Å². The van der Waals surface area contributed by atoms with Crippen LogP contribution in [0, 0.1) is 0 Å². The summed E-state index contributed by atoms with van der Waals surface area (Å²) in [6.45, 7) is 0. The number of hydrogen-bond donors (Lipinski definition) is 2. The van der Waals surface area contributed by atoms with E-state index >= 15 is 0 Å². The normalized spacial score (nSPS) is 18.6. The van der Waals surface area contributed by atoms with Gasteiger partial charge in [0.15, 0.2) is 0 Å². The summed E-state index contributed by atoms with van der Waals surface area (Å²) in [5.41, 5.74) is 0.889. The van der Waals surface area contributed by atoms with Crippen molar-refractivity contribution in [1.82, 2.24) is 15.0 Å². The standard InChI is InChI=1S/C14H13N3O3S/c18-11-5-4-10(14(20)17-11)16-12(19)6-8-2-1-3-9-7-15-21-13(8)9/h1-3,7,10H,4-6H2,(H,16,19)(H,17,18,20). The van der Waals surface area contributed by atoms with E-state index in [0.717, 1.165) is 15.6 Å². The zero-order valence-corrected chi connectivity index (χ0v) is 11.9. The molecule has 1 saturated heterocycles. The fourth-order valence-electron chi connectivity index (χ4n) is 2.34. The number of benzene rings is 1. The van der Waals surface area contributed by atoms with Gasteiger partial charge in [0.05, 0.1) is 11.1 Å². The molecule has 0 aliphatic carbocycles. The molecule has 1 aliphatic rings. The molecule has 1 aliphatic heterocycles. The number of imide groups is 1. The van der Waals surface area contributed by atoms with Gasteiger partial charge < -0.3 is 5.32 Å². The van der Waals surface area contributed by atoms with Crippen LogP contribution in [0.1, 0.15) is 18.4 Å². The van der Waals surface area contributed by atoms with Crippen LogP contribution in [0.3, 0.4) is 0 Å². The van der Waals surface area contributed by atoms with Crippen molar-refractivity contribution in [3.63, 3.8) is 0 Å². The monoisotopic (exact) mass is 303 g/mol. The van der Waals surface area contributed by atoms with Gasteiger partial charge in [-0.2, -0.15) is 4.37 Å². The number of carbonyl (C=O) groups excluding carboxylic acids is 3. The highest BCUT2D eigenvalue weighted by Gasteiger charge is 2.27. The fourth-order valence-corrected chi connectivity index (χ4v) is 3.10. The molecule has 7 heteroatoms. The SMILES string of the molecule is O=C1CCC(NC(=O)Cc2cccc3cnsc23)C(=O)N1. The Morgan fingerprint density at radius 2 is 2.29 bits per heavy atom. The Morgan fingerprint density at radius 1 is 1.43 bits per heavy atom. The van der Waals surface area contributed by atoms with Crippen LogP contribution in [0.25, 0.3) is 10.1 Å². The number of carbonyl (C=O) groups is 3. The van der Waals surface area contributed by atoms with Crippen molar-refractivity contribution in [1.29, 1.82) is 0 Å². The first-order chi connectivity index (χ1) is 10.1. The molecule has 2 aromatic rings. The summed E-state index contributed by atoms with van der Waals surface area (Å²) in [5, 5.41) is 5.90. The number of amides is 3. The summed E-state index contributed by atoms with van der Waals surface area (Å²) in [5.74, 6) is -0.957. The molecule has 0 spiro atoms. The molecule has 0 saturated carbocycles. The van der Waals surface area contributed by atoms with Gasteiger partial charge in [0, 0.05) is 18.0 Å². The lowest BCUT2D eigenvalue weighted by atomic mass is 10.1.